The van der Waals surface area contributed by atoms with Gasteiger partial charge in [-0.3, -0.25) is 0 Å². The Hall–Kier alpha value is -2.47. The molecule has 1 aliphatic heterocycles. The van der Waals surface area contributed by atoms with E-state index in [2.05, 4.69) is 0 Å². The fourth-order valence-electron chi connectivity index (χ4n) is 3.05. The first-order chi connectivity index (χ1) is 10.5. The van der Waals surface area contributed by atoms with Crippen LogP contribution in [0.1, 0.15) is 5.56 Å². The Kier molecular flexibility index (Phi) is 3.56. The lowest BCUT2D eigenvalue weighted by Gasteiger charge is -2.16. The van der Waals surface area contributed by atoms with Gasteiger partial charge in [-0.15, -0.1) is 0 Å². The zero-order chi connectivity index (χ0) is 15.4. The predicted molar refractivity (Wildman–Crippen MR) is 79.9 cm³/mol. The summed E-state index contributed by atoms with van der Waals surface area (Å²) >= 11 is 0. The molecule has 2 heterocycles. The van der Waals surface area contributed by atoms with Crippen LogP contribution in [-0.2, 0) is 13.0 Å². The van der Waals surface area contributed by atoms with Gasteiger partial charge in [0.25, 0.3) is 0 Å². The van der Waals surface area contributed by atoms with Crippen molar-refractivity contribution in [3.05, 3.63) is 42.1 Å². The summed E-state index contributed by atoms with van der Waals surface area (Å²) in [6.07, 6.45) is 2.51. The van der Waals surface area contributed by atoms with E-state index in [1.807, 2.05) is 10.6 Å². The Morgan fingerprint density at radius 3 is 2.39 bits per heavy atom. The van der Waals surface area contributed by atoms with Gasteiger partial charge in [0.15, 0.2) is 35.7 Å². The number of hydrogen-bond donors (Lipinski definition) is 4. The van der Waals surface area contributed by atoms with Crippen LogP contribution in [0.3, 0.4) is 0 Å². The predicted octanol–water partition coefficient (Wildman–Crippen LogP) is -0.823. The van der Waals surface area contributed by atoms with Crippen molar-refractivity contribution in [1.82, 2.24) is 0 Å². The number of halogens is 1. The van der Waals surface area contributed by atoms with E-state index in [4.69, 9.17) is 0 Å². The number of nitrogens with zero attached hydrogens (tertiary/aromatic N) is 1. The third-order valence-electron chi connectivity index (χ3n) is 4.21. The van der Waals surface area contributed by atoms with Crippen LogP contribution in [0, 0.1) is 0 Å². The molecule has 1 aliphatic rings. The summed E-state index contributed by atoms with van der Waals surface area (Å²) in [5.74, 6) is -0.546. The van der Waals surface area contributed by atoms with E-state index in [1.165, 1.54) is 6.07 Å². The molecule has 0 saturated carbocycles. The van der Waals surface area contributed by atoms with Gasteiger partial charge in [0.1, 0.15) is 0 Å². The second kappa shape index (κ2) is 5.31. The third-order valence-corrected chi connectivity index (χ3v) is 4.21. The lowest BCUT2D eigenvalue weighted by atomic mass is 9.95. The molecule has 0 radical (unpaired) electrons. The molecule has 2 aromatic carbocycles. The van der Waals surface area contributed by atoms with Gasteiger partial charge in [-0.25, -0.2) is 0 Å². The first-order valence-corrected chi connectivity index (χ1v) is 6.98. The zero-order valence-electron chi connectivity index (χ0n) is 12.0. The van der Waals surface area contributed by atoms with E-state index >= 15 is 0 Å². The molecular formula is C17H14BrNO4. The molecule has 0 aliphatic carbocycles. The van der Waals surface area contributed by atoms with Crippen LogP contribution in [0.5, 0.6) is 23.0 Å². The molecule has 5 nitrogen and oxygen atoms in total. The van der Waals surface area contributed by atoms with Crippen LogP contribution in [0.25, 0.3) is 22.0 Å². The highest BCUT2D eigenvalue weighted by molar-refractivity contribution is 5.91. The van der Waals surface area contributed by atoms with Gasteiger partial charge in [0, 0.05) is 12.5 Å². The summed E-state index contributed by atoms with van der Waals surface area (Å²) in [6, 6.07) is 8.24. The van der Waals surface area contributed by atoms with E-state index in [0.717, 1.165) is 22.2 Å². The number of aromatic nitrogens is 1. The van der Waals surface area contributed by atoms with Crippen molar-refractivity contribution in [3.63, 3.8) is 0 Å². The maximum atomic E-state index is 10.00. The highest BCUT2D eigenvalue weighted by atomic mass is 79.9. The monoisotopic (exact) mass is 375 g/mol. The minimum Gasteiger partial charge on any atom is -1.00 e. The van der Waals surface area contributed by atoms with Crippen LogP contribution in [-0.4, -0.2) is 20.4 Å². The topological polar surface area (TPSA) is 84.8 Å². The normalized spacial score (nSPS) is 12.3. The molecule has 0 unspecified atom stereocenters. The second-order valence-electron chi connectivity index (χ2n) is 5.54. The summed E-state index contributed by atoms with van der Waals surface area (Å²) in [5.41, 5.74) is 2.72. The minimum absolute atomic E-state index is 0. The summed E-state index contributed by atoms with van der Waals surface area (Å²) in [4.78, 5) is 0. The van der Waals surface area contributed by atoms with Gasteiger partial charge in [0.2, 0.25) is 5.69 Å². The second-order valence-corrected chi connectivity index (χ2v) is 5.54. The van der Waals surface area contributed by atoms with Gasteiger partial charge in [-0.2, -0.15) is 4.57 Å². The fraction of sp³-hybridized carbons (Fsp3) is 0.118. The van der Waals surface area contributed by atoms with E-state index in [-0.39, 0.29) is 40.0 Å². The van der Waals surface area contributed by atoms with Crippen molar-refractivity contribution < 1.29 is 42.0 Å². The fourth-order valence-corrected chi connectivity index (χ4v) is 3.05. The molecule has 0 bridgehead atoms. The van der Waals surface area contributed by atoms with Crippen LogP contribution < -0.4 is 21.5 Å². The van der Waals surface area contributed by atoms with Gasteiger partial charge in [0.05, 0.1) is 10.9 Å². The van der Waals surface area contributed by atoms with E-state index in [1.54, 1.807) is 24.4 Å². The van der Waals surface area contributed by atoms with E-state index in [9.17, 15) is 20.4 Å². The molecule has 4 rings (SSSR count). The van der Waals surface area contributed by atoms with E-state index in [0.29, 0.717) is 18.4 Å². The maximum Gasteiger partial charge on any atom is 0.213 e. The zero-order valence-corrected chi connectivity index (χ0v) is 13.6. The average Bonchev–Trinajstić information content (AvgIpc) is 2.51. The SMILES string of the molecule is Oc1cc2c(cc1O)-c1cc3ccc(O)c(O)c3c[n+]1CC2.[Br-]. The molecule has 0 atom stereocenters. The Morgan fingerprint density at radius 2 is 1.61 bits per heavy atom. The number of benzene rings is 2. The number of aryl methyl sites for hydroxylation is 2. The van der Waals surface area contributed by atoms with Crippen molar-refractivity contribution >= 4 is 10.8 Å². The van der Waals surface area contributed by atoms with Crippen LogP contribution >= 0.6 is 0 Å². The number of fused-ring (bicyclic) bond motifs is 4. The first kappa shape index (κ1) is 15.4. The van der Waals surface area contributed by atoms with Gasteiger partial charge < -0.3 is 37.4 Å². The van der Waals surface area contributed by atoms with Crippen molar-refractivity contribution in [3.8, 4) is 34.3 Å². The standard InChI is InChI=1S/C17H13NO4.BrH/c19-14-2-1-9-5-13-11-7-16(21)15(20)6-10(11)3-4-18(13)8-12(9)17(14)22;/h1-2,5-8H,3-4H2,(H3,19,20,21,22);1H. The number of phenols is 4. The Labute approximate surface area is 142 Å². The quantitative estimate of drug-likeness (QED) is 0.305. The average molecular weight is 376 g/mol. The molecule has 6 heteroatoms. The lowest BCUT2D eigenvalue weighted by Crippen LogP contribution is -3.00. The maximum absolute atomic E-state index is 10.00. The Bertz CT molecular complexity index is 940. The molecule has 118 valence electrons. The van der Waals surface area contributed by atoms with Crippen molar-refractivity contribution in [2.75, 3.05) is 0 Å². The Balaban J connectivity index is 0.00000156. The highest BCUT2D eigenvalue weighted by Crippen LogP contribution is 2.38. The lowest BCUT2D eigenvalue weighted by molar-refractivity contribution is -0.686. The Morgan fingerprint density at radius 1 is 0.870 bits per heavy atom. The summed E-state index contributed by atoms with van der Waals surface area (Å²) < 4.78 is 1.97. The van der Waals surface area contributed by atoms with Gasteiger partial charge in [-0.05, 0) is 35.2 Å². The van der Waals surface area contributed by atoms with Crippen LogP contribution in [0.4, 0.5) is 0 Å². The number of aromatic hydroxyl groups is 4. The van der Waals surface area contributed by atoms with Crippen molar-refractivity contribution in [2.24, 2.45) is 0 Å². The number of pyridine rings is 1. The van der Waals surface area contributed by atoms with E-state index < -0.39 is 0 Å². The molecule has 0 amide bonds. The molecule has 0 fully saturated rings. The third kappa shape index (κ3) is 2.26. The van der Waals surface area contributed by atoms with Crippen molar-refractivity contribution in [1.29, 1.82) is 0 Å². The van der Waals surface area contributed by atoms with Gasteiger partial charge >= 0.3 is 0 Å². The van der Waals surface area contributed by atoms with Crippen LogP contribution in [0.2, 0.25) is 0 Å². The summed E-state index contributed by atoms with van der Waals surface area (Å²) in [5, 5.41) is 40.4. The molecule has 0 spiro atoms. The van der Waals surface area contributed by atoms with Crippen LogP contribution in [0.15, 0.2) is 36.5 Å². The molecule has 1 aromatic heterocycles. The molecule has 23 heavy (non-hydrogen) atoms. The largest absolute Gasteiger partial charge is 1.00 e. The van der Waals surface area contributed by atoms with Gasteiger partial charge in [-0.1, -0.05) is 0 Å². The van der Waals surface area contributed by atoms with Crippen molar-refractivity contribution in [2.45, 2.75) is 13.0 Å². The molecule has 4 N–H and O–H groups in total. The smallest absolute Gasteiger partial charge is 0.213 e. The molecule has 3 aromatic rings. The number of phenolic OH excluding ortho intramolecular Hbond substituents is 4. The summed E-state index contributed by atoms with van der Waals surface area (Å²) in [6.45, 7) is 0.692. The summed E-state index contributed by atoms with van der Waals surface area (Å²) in [7, 11) is 0. The number of hydrogen-bond acceptors (Lipinski definition) is 4. The minimum atomic E-state index is -0.152. The molecule has 0 saturated heterocycles. The highest BCUT2D eigenvalue weighted by Gasteiger charge is 2.26. The first-order valence-electron chi connectivity index (χ1n) is 6.98. The molecular weight excluding hydrogens is 362 g/mol. The number of rotatable bonds is 0.